The topological polar surface area (TPSA) is 95.5 Å². The normalized spacial score (nSPS) is 13.4. The molecule has 2 amide bonds. The van der Waals surface area contributed by atoms with Crippen molar-refractivity contribution in [2.24, 2.45) is 11.3 Å². The molecule has 0 saturated carbocycles. The predicted molar refractivity (Wildman–Crippen MR) is 106 cm³/mol. The van der Waals surface area contributed by atoms with E-state index in [9.17, 15) is 14.4 Å². The molecule has 0 radical (unpaired) electrons. The van der Waals surface area contributed by atoms with E-state index in [0.29, 0.717) is 18.9 Å². The lowest BCUT2D eigenvalue weighted by molar-refractivity contribution is -0.138. The average Bonchev–Trinajstić information content (AvgIpc) is 2.41. The number of carbonyl (C=O) groups excluding carboxylic acids is 2. The SMILES string of the molecule is CC(C)CCNC(=O)C(C)(C)CC(C)(C)NC(=O)C(CC(=O)O)SS. The van der Waals surface area contributed by atoms with Gasteiger partial charge >= 0.3 is 5.97 Å². The van der Waals surface area contributed by atoms with Gasteiger partial charge in [0.1, 0.15) is 5.25 Å². The van der Waals surface area contributed by atoms with E-state index in [4.69, 9.17) is 5.11 Å². The summed E-state index contributed by atoms with van der Waals surface area (Å²) in [7, 11) is 0.907. The fraction of sp³-hybridized carbons (Fsp3) is 0.824. The largest absolute Gasteiger partial charge is 0.481 e. The molecule has 1 unspecified atom stereocenters. The first kappa shape index (κ1) is 24.1. The summed E-state index contributed by atoms with van der Waals surface area (Å²) in [6.07, 6.45) is 1.05. The molecule has 0 heterocycles. The molecule has 1 atom stereocenters. The van der Waals surface area contributed by atoms with Gasteiger partial charge in [0.25, 0.3) is 0 Å². The van der Waals surface area contributed by atoms with Gasteiger partial charge in [-0.05, 0) is 32.6 Å². The zero-order chi connectivity index (χ0) is 19.8. The van der Waals surface area contributed by atoms with Crippen molar-refractivity contribution in [3.63, 3.8) is 0 Å². The Bertz CT molecular complexity index is 479. The van der Waals surface area contributed by atoms with Gasteiger partial charge < -0.3 is 15.7 Å². The van der Waals surface area contributed by atoms with Crippen LogP contribution in [0.5, 0.6) is 0 Å². The number of thiol groups is 1. The van der Waals surface area contributed by atoms with Crippen LogP contribution >= 0.6 is 22.5 Å². The van der Waals surface area contributed by atoms with E-state index >= 15 is 0 Å². The fourth-order valence-corrected chi connectivity index (χ4v) is 3.58. The molecule has 0 aliphatic heterocycles. The van der Waals surface area contributed by atoms with E-state index < -0.39 is 22.2 Å². The Morgan fingerprint density at radius 2 is 1.72 bits per heavy atom. The van der Waals surface area contributed by atoms with Gasteiger partial charge in [-0.3, -0.25) is 14.4 Å². The van der Waals surface area contributed by atoms with E-state index in [-0.39, 0.29) is 18.2 Å². The van der Waals surface area contributed by atoms with E-state index in [1.807, 2.05) is 27.7 Å². The molecule has 0 aromatic heterocycles. The molecule has 0 saturated heterocycles. The highest BCUT2D eigenvalue weighted by Crippen LogP contribution is 2.29. The van der Waals surface area contributed by atoms with Crippen LogP contribution < -0.4 is 10.6 Å². The molecule has 6 nitrogen and oxygen atoms in total. The Hall–Kier alpha value is -0.890. The number of carbonyl (C=O) groups is 3. The van der Waals surface area contributed by atoms with Crippen LogP contribution in [0.4, 0.5) is 0 Å². The van der Waals surface area contributed by atoms with E-state index in [1.54, 1.807) is 0 Å². The minimum atomic E-state index is -1.05. The second-order valence-corrected chi connectivity index (χ2v) is 9.48. The summed E-state index contributed by atoms with van der Waals surface area (Å²) in [6.45, 7) is 12.2. The van der Waals surface area contributed by atoms with Gasteiger partial charge in [-0.1, -0.05) is 38.5 Å². The van der Waals surface area contributed by atoms with Crippen molar-refractivity contribution in [3.05, 3.63) is 0 Å². The third kappa shape index (κ3) is 9.99. The van der Waals surface area contributed by atoms with Crippen LogP contribution in [-0.2, 0) is 14.4 Å². The Morgan fingerprint density at radius 1 is 1.16 bits per heavy atom. The first-order chi connectivity index (χ1) is 11.3. The number of carboxylic acids is 1. The number of rotatable bonds is 11. The molecule has 0 aliphatic rings. The lowest BCUT2D eigenvalue weighted by Gasteiger charge is -2.35. The number of aliphatic carboxylic acids is 1. The third-order valence-corrected chi connectivity index (χ3v) is 5.15. The van der Waals surface area contributed by atoms with Crippen LogP contribution in [-0.4, -0.2) is 40.2 Å². The molecule has 0 aromatic carbocycles. The molecule has 0 rings (SSSR count). The summed E-state index contributed by atoms with van der Waals surface area (Å²) in [5.41, 5.74) is -1.32. The standard InChI is InChI=1S/C17H32N2O4S2/c1-11(2)7-8-18-15(23)16(3,4)10-17(5,6)19-14(22)12(25-24)9-13(20)21/h11-12,24H,7-10H2,1-6H3,(H,18,23)(H,19,22)(H,20,21). The van der Waals surface area contributed by atoms with Gasteiger partial charge in [0.05, 0.1) is 6.42 Å². The van der Waals surface area contributed by atoms with Gasteiger partial charge in [0.15, 0.2) is 0 Å². The summed E-state index contributed by atoms with van der Waals surface area (Å²) in [4.78, 5) is 35.5. The molecule has 8 heteroatoms. The maximum atomic E-state index is 12.4. The van der Waals surface area contributed by atoms with Gasteiger partial charge in [0.2, 0.25) is 11.8 Å². The Kier molecular flexibility index (Phi) is 9.94. The smallest absolute Gasteiger partial charge is 0.305 e. The van der Waals surface area contributed by atoms with Crippen molar-refractivity contribution >= 4 is 40.2 Å². The van der Waals surface area contributed by atoms with Crippen molar-refractivity contribution in [2.75, 3.05) is 6.54 Å². The maximum Gasteiger partial charge on any atom is 0.305 e. The third-order valence-electron chi connectivity index (χ3n) is 3.75. The maximum absolute atomic E-state index is 12.4. The molecule has 0 bridgehead atoms. The van der Waals surface area contributed by atoms with Gasteiger partial charge in [0, 0.05) is 17.5 Å². The first-order valence-electron chi connectivity index (χ1n) is 8.43. The molecule has 25 heavy (non-hydrogen) atoms. The van der Waals surface area contributed by atoms with Crippen molar-refractivity contribution in [2.45, 2.75) is 71.6 Å². The summed E-state index contributed by atoms with van der Waals surface area (Å²) in [5.74, 6) is -0.974. The van der Waals surface area contributed by atoms with Gasteiger partial charge in [-0.2, -0.15) is 0 Å². The lowest BCUT2D eigenvalue weighted by Crippen LogP contribution is -2.52. The van der Waals surface area contributed by atoms with Crippen molar-refractivity contribution < 1.29 is 19.5 Å². The van der Waals surface area contributed by atoms with Crippen LogP contribution in [0.25, 0.3) is 0 Å². The Morgan fingerprint density at radius 3 is 2.16 bits per heavy atom. The van der Waals surface area contributed by atoms with Gasteiger partial charge in [-0.25, -0.2) is 0 Å². The summed E-state index contributed by atoms with van der Waals surface area (Å²) < 4.78 is 0. The minimum Gasteiger partial charge on any atom is -0.481 e. The van der Waals surface area contributed by atoms with Crippen LogP contribution in [0, 0.1) is 11.3 Å². The second-order valence-electron chi connectivity index (χ2n) is 8.06. The van der Waals surface area contributed by atoms with Crippen LogP contribution in [0.1, 0.15) is 60.8 Å². The van der Waals surface area contributed by atoms with E-state index in [0.717, 1.165) is 17.2 Å². The number of hydrogen-bond donors (Lipinski definition) is 4. The zero-order valence-electron chi connectivity index (χ0n) is 16.0. The molecule has 3 N–H and O–H groups in total. The molecular formula is C17H32N2O4S2. The second kappa shape index (κ2) is 10.3. The van der Waals surface area contributed by atoms with Crippen LogP contribution in [0.15, 0.2) is 0 Å². The number of amides is 2. The van der Waals surface area contributed by atoms with Crippen LogP contribution in [0.3, 0.4) is 0 Å². The van der Waals surface area contributed by atoms with E-state index in [1.165, 1.54) is 0 Å². The molecule has 0 aliphatic carbocycles. The number of carboxylic acid groups (broad SMARTS) is 1. The van der Waals surface area contributed by atoms with E-state index in [2.05, 4.69) is 36.1 Å². The van der Waals surface area contributed by atoms with Crippen molar-refractivity contribution in [1.29, 1.82) is 0 Å². The molecule has 0 spiro atoms. The monoisotopic (exact) mass is 392 g/mol. The number of hydrogen-bond acceptors (Lipinski definition) is 5. The highest BCUT2D eigenvalue weighted by atomic mass is 33.1. The van der Waals surface area contributed by atoms with Crippen LogP contribution in [0.2, 0.25) is 0 Å². The minimum absolute atomic E-state index is 0.0545. The number of nitrogens with one attached hydrogen (secondary N) is 2. The highest BCUT2D eigenvalue weighted by molar-refractivity contribution is 8.69. The van der Waals surface area contributed by atoms with Crippen molar-refractivity contribution in [3.8, 4) is 0 Å². The molecule has 0 fully saturated rings. The average molecular weight is 393 g/mol. The zero-order valence-corrected chi connectivity index (χ0v) is 17.7. The summed E-state index contributed by atoms with van der Waals surface area (Å²) in [5, 5.41) is 13.9. The summed E-state index contributed by atoms with van der Waals surface area (Å²) >= 11 is 3.98. The lowest BCUT2D eigenvalue weighted by atomic mass is 9.79. The van der Waals surface area contributed by atoms with Gasteiger partial charge in [-0.15, -0.1) is 11.7 Å². The molecule has 0 aromatic rings. The van der Waals surface area contributed by atoms with Crippen molar-refractivity contribution in [1.82, 2.24) is 10.6 Å². The Balaban J connectivity index is 4.77. The highest BCUT2D eigenvalue weighted by Gasteiger charge is 2.36. The quantitative estimate of drug-likeness (QED) is 0.320. The Labute approximate surface area is 160 Å². The summed E-state index contributed by atoms with van der Waals surface area (Å²) in [6, 6.07) is 0. The first-order valence-corrected chi connectivity index (χ1v) is 10.4. The fourth-order valence-electron chi connectivity index (χ4n) is 2.69. The molecular weight excluding hydrogens is 360 g/mol. The predicted octanol–water partition coefficient (Wildman–Crippen LogP) is 2.88. The molecule has 146 valence electrons.